The normalized spacial score (nSPS) is 11.6. The number of nitriles is 1. The zero-order chi connectivity index (χ0) is 14.5. The van der Waals surface area contributed by atoms with E-state index in [-0.39, 0.29) is 0 Å². The average molecular weight is 288 g/mol. The summed E-state index contributed by atoms with van der Waals surface area (Å²) in [7, 11) is 3.88. The van der Waals surface area contributed by atoms with Crippen molar-refractivity contribution in [3.8, 4) is 6.07 Å². The van der Waals surface area contributed by atoms with Gasteiger partial charge in [0.25, 0.3) is 0 Å². The van der Waals surface area contributed by atoms with Crippen LogP contribution >= 0.6 is 11.8 Å². The van der Waals surface area contributed by atoms with Crippen molar-refractivity contribution in [3.05, 3.63) is 29.3 Å². The number of benzene rings is 1. The van der Waals surface area contributed by atoms with Crippen LogP contribution in [0, 0.1) is 11.3 Å². The third-order valence-corrected chi connectivity index (χ3v) is 3.58. The number of hydrogen-bond donors (Lipinski definition) is 0. The number of alkyl halides is 3. The zero-order valence-electron chi connectivity index (χ0n) is 10.8. The van der Waals surface area contributed by atoms with Crippen LogP contribution in [0.1, 0.15) is 17.5 Å². The standard InChI is InChI=1S/C13H15F3N2S/c1-18(2)6-3-7-19-12-8-11(13(14,15)16)5-4-10(12)9-17/h4-5,8H,3,6-7H2,1-2H3. The first kappa shape index (κ1) is 15.9. The van der Waals surface area contributed by atoms with Gasteiger partial charge in [0, 0.05) is 4.90 Å². The molecule has 0 heterocycles. The highest BCUT2D eigenvalue weighted by molar-refractivity contribution is 7.99. The van der Waals surface area contributed by atoms with Gasteiger partial charge in [-0.05, 0) is 51.0 Å². The van der Waals surface area contributed by atoms with Gasteiger partial charge in [-0.15, -0.1) is 11.8 Å². The summed E-state index contributed by atoms with van der Waals surface area (Å²) in [6.07, 6.45) is -3.51. The molecule has 104 valence electrons. The number of hydrogen-bond acceptors (Lipinski definition) is 3. The molecular weight excluding hydrogens is 273 g/mol. The van der Waals surface area contributed by atoms with Crippen molar-refractivity contribution in [3.63, 3.8) is 0 Å². The van der Waals surface area contributed by atoms with Crippen LogP contribution in [0.2, 0.25) is 0 Å². The van der Waals surface area contributed by atoms with E-state index in [1.54, 1.807) is 0 Å². The number of thioether (sulfide) groups is 1. The van der Waals surface area contributed by atoms with Gasteiger partial charge in [-0.25, -0.2) is 0 Å². The summed E-state index contributed by atoms with van der Waals surface area (Å²) in [5.41, 5.74) is -0.413. The van der Waals surface area contributed by atoms with E-state index in [1.807, 2.05) is 25.1 Å². The van der Waals surface area contributed by atoms with Gasteiger partial charge in [0.2, 0.25) is 0 Å². The summed E-state index contributed by atoms with van der Waals surface area (Å²) in [5, 5.41) is 8.90. The first-order valence-electron chi connectivity index (χ1n) is 5.73. The van der Waals surface area contributed by atoms with Gasteiger partial charge in [-0.2, -0.15) is 18.4 Å². The predicted octanol–water partition coefficient (Wildman–Crippen LogP) is 3.62. The topological polar surface area (TPSA) is 27.0 Å². The van der Waals surface area contributed by atoms with E-state index >= 15 is 0 Å². The summed E-state index contributed by atoms with van der Waals surface area (Å²) in [5.74, 6) is 0.689. The summed E-state index contributed by atoms with van der Waals surface area (Å²) in [6.45, 7) is 0.869. The lowest BCUT2D eigenvalue weighted by molar-refractivity contribution is -0.137. The van der Waals surface area contributed by atoms with E-state index in [0.717, 1.165) is 25.1 Å². The largest absolute Gasteiger partial charge is 0.416 e. The van der Waals surface area contributed by atoms with Crippen LogP contribution in [0.5, 0.6) is 0 Å². The third kappa shape index (κ3) is 5.13. The van der Waals surface area contributed by atoms with Gasteiger partial charge >= 0.3 is 6.18 Å². The molecule has 1 aromatic rings. The lowest BCUT2D eigenvalue weighted by Crippen LogP contribution is -2.13. The molecule has 1 aromatic carbocycles. The second-order valence-corrected chi connectivity index (χ2v) is 5.46. The molecule has 0 radical (unpaired) electrons. The molecule has 0 bridgehead atoms. The molecule has 0 amide bonds. The first-order valence-corrected chi connectivity index (χ1v) is 6.72. The smallest absolute Gasteiger partial charge is 0.309 e. The van der Waals surface area contributed by atoms with Crippen molar-refractivity contribution in [2.24, 2.45) is 0 Å². The van der Waals surface area contributed by atoms with Crippen LogP contribution in [0.25, 0.3) is 0 Å². The minimum atomic E-state index is -4.37. The van der Waals surface area contributed by atoms with Crippen molar-refractivity contribution in [1.82, 2.24) is 4.90 Å². The van der Waals surface area contributed by atoms with E-state index in [9.17, 15) is 13.2 Å². The van der Waals surface area contributed by atoms with E-state index in [0.29, 0.717) is 16.2 Å². The molecule has 0 aromatic heterocycles. The molecule has 19 heavy (non-hydrogen) atoms. The van der Waals surface area contributed by atoms with E-state index in [1.165, 1.54) is 17.8 Å². The van der Waals surface area contributed by atoms with E-state index < -0.39 is 11.7 Å². The molecule has 6 heteroatoms. The Morgan fingerprint density at radius 1 is 1.32 bits per heavy atom. The lowest BCUT2D eigenvalue weighted by atomic mass is 10.1. The van der Waals surface area contributed by atoms with Crippen LogP contribution in [-0.2, 0) is 6.18 Å². The Labute approximate surface area is 115 Å². The molecule has 0 spiro atoms. The SMILES string of the molecule is CN(C)CCCSc1cc(C(F)(F)F)ccc1C#N. The fraction of sp³-hybridized carbons (Fsp3) is 0.462. The Kier molecular flexibility index (Phi) is 5.70. The molecule has 0 aliphatic rings. The van der Waals surface area contributed by atoms with Gasteiger partial charge in [-0.3, -0.25) is 0 Å². The number of halogens is 3. The van der Waals surface area contributed by atoms with Crippen molar-refractivity contribution in [1.29, 1.82) is 5.26 Å². The second-order valence-electron chi connectivity index (χ2n) is 4.33. The molecule has 1 rings (SSSR count). The van der Waals surface area contributed by atoms with Crippen LogP contribution in [0.15, 0.2) is 23.1 Å². The van der Waals surface area contributed by atoms with Crippen molar-refractivity contribution in [2.45, 2.75) is 17.5 Å². The fourth-order valence-electron chi connectivity index (χ4n) is 1.47. The Morgan fingerprint density at radius 2 is 2.00 bits per heavy atom. The van der Waals surface area contributed by atoms with E-state index in [2.05, 4.69) is 0 Å². The van der Waals surface area contributed by atoms with E-state index in [4.69, 9.17) is 5.26 Å². The highest BCUT2D eigenvalue weighted by Crippen LogP contribution is 2.33. The van der Waals surface area contributed by atoms with Gasteiger partial charge in [-0.1, -0.05) is 0 Å². The maximum absolute atomic E-state index is 12.6. The molecule has 0 fully saturated rings. The molecule has 0 N–H and O–H groups in total. The summed E-state index contributed by atoms with van der Waals surface area (Å²) in [4.78, 5) is 2.41. The minimum absolute atomic E-state index is 0.294. The molecule has 0 atom stereocenters. The molecule has 2 nitrogen and oxygen atoms in total. The van der Waals surface area contributed by atoms with Crippen molar-refractivity contribution in [2.75, 3.05) is 26.4 Å². The molecule has 0 saturated carbocycles. The average Bonchev–Trinajstić information content (AvgIpc) is 2.33. The summed E-state index contributed by atoms with van der Waals surface area (Å²) < 4.78 is 37.8. The van der Waals surface area contributed by atoms with Gasteiger partial charge in [0.05, 0.1) is 11.1 Å². The first-order chi connectivity index (χ1) is 8.84. The van der Waals surface area contributed by atoms with Crippen LogP contribution < -0.4 is 0 Å². The Morgan fingerprint density at radius 3 is 2.53 bits per heavy atom. The maximum atomic E-state index is 12.6. The predicted molar refractivity (Wildman–Crippen MR) is 70.1 cm³/mol. The third-order valence-electron chi connectivity index (χ3n) is 2.44. The summed E-state index contributed by atoms with van der Waals surface area (Å²) >= 11 is 1.29. The van der Waals surface area contributed by atoms with Gasteiger partial charge in [0.1, 0.15) is 6.07 Å². The molecule has 0 saturated heterocycles. The monoisotopic (exact) mass is 288 g/mol. The molecule has 0 aliphatic heterocycles. The fourth-order valence-corrected chi connectivity index (χ4v) is 2.45. The summed E-state index contributed by atoms with van der Waals surface area (Å²) in [6, 6.07) is 5.16. The number of nitrogens with zero attached hydrogens (tertiary/aromatic N) is 2. The van der Waals surface area contributed by atoms with Crippen molar-refractivity contribution < 1.29 is 13.2 Å². The van der Waals surface area contributed by atoms with Crippen LogP contribution in [0.3, 0.4) is 0 Å². The molecule has 0 unspecified atom stereocenters. The number of rotatable bonds is 5. The molecule has 0 aliphatic carbocycles. The Bertz CT molecular complexity index is 464. The second kappa shape index (κ2) is 6.83. The zero-order valence-corrected chi connectivity index (χ0v) is 11.6. The highest BCUT2D eigenvalue weighted by Gasteiger charge is 2.31. The minimum Gasteiger partial charge on any atom is -0.309 e. The van der Waals surface area contributed by atoms with Crippen LogP contribution in [0.4, 0.5) is 13.2 Å². The van der Waals surface area contributed by atoms with Gasteiger partial charge in [0.15, 0.2) is 0 Å². The quantitative estimate of drug-likeness (QED) is 0.611. The Hall–Kier alpha value is -1.19. The maximum Gasteiger partial charge on any atom is 0.416 e. The van der Waals surface area contributed by atoms with Crippen LogP contribution in [-0.4, -0.2) is 31.3 Å². The molecular formula is C13H15F3N2S. The lowest BCUT2D eigenvalue weighted by Gasteiger charge is -2.11. The van der Waals surface area contributed by atoms with Crippen molar-refractivity contribution >= 4 is 11.8 Å². The Balaban J connectivity index is 2.77. The highest BCUT2D eigenvalue weighted by atomic mass is 32.2. The van der Waals surface area contributed by atoms with Gasteiger partial charge < -0.3 is 4.90 Å².